The molecule has 1 fully saturated rings. The SMILES string of the molecule is CC(C)(C)OC(=O)N1CCN(CC(=O)NCc2ccc(Br)cc2)CCN(C(=O)OC(C)(C)C)CCN(C(=O)OC(C)(C)C)CC1. The van der Waals surface area contributed by atoms with E-state index in [0.29, 0.717) is 19.6 Å². The van der Waals surface area contributed by atoms with Gasteiger partial charge in [0.2, 0.25) is 5.91 Å². The molecule has 0 aliphatic carbocycles. The molecule has 254 valence electrons. The highest BCUT2D eigenvalue weighted by Gasteiger charge is 2.29. The Hall–Kier alpha value is -3.06. The summed E-state index contributed by atoms with van der Waals surface area (Å²) in [5, 5.41) is 2.95. The molecule has 0 radical (unpaired) electrons. The average molecular weight is 699 g/mol. The number of carbonyl (C=O) groups excluding carboxylic acids is 4. The summed E-state index contributed by atoms with van der Waals surface area (Å²) in [4.78, 5) is 59.1. The minimum Gasteiger partial charge on any atom is -0.444 e. The molecule has 0 unspecified atom stereocenters. The highest BCUT2D eigenvalue weighted by atomic mass is 79.9. The number of amides is 4. The molecule has 12 nitrogen and oxygen atoms in total. The van der Waals surface area contributed by atoms with Gasteiger partial charge in [-0.25, -0.2) is 14.4 Å². The van der Waals surface area contributed by atoms with Crippen LogP contribution in [0.3, 0.4) is 0 Å². The van der Waals surface area contributed by atoms with Crippen molar-refractivity contribution >= 4 is 40.1 Å². The van der Waals surface area contributed by atoms with Crippen LogP contribution >= 0.6 is 15.9 Å². The molecule has 1 aliphatic heterocycles. The number of halogens is 1. The summed E-state index contributed by atoms with van der Waals surface area (Å²) in [6.45, 7) is 18.3. The maximum Gasteiger partial charge on any atom is 0.410 e. The van der Waals surface area contributed by atoms with Crippen LogP contribution in [-0.2, 0) is 25.5 Å². The number of nitrogens with zero attached hydrogens (tertiary/aromatic N) is 4. The van der Waals surface area contributed by atoms with Crippen LogP contribution in [0.15, 0.2) is 28.7 Å². The van der Waals surface area contributed by atoms with E-state index in [1.807, 2.05) is 29.2 Å². The number of hydrogen-bond acceptors (Lipinski definition) is 8. The summed E-state index contributed by atoms with van der Waals surface area (Å²) in [6.07, 6.45) is -1.57. The highest BCUT2D eigenvalue weighted by Crippen LogP contribution is 2.15. The molecule has 1 aromatic rings. The average Bonchev–Trinajstić information content (AvgIpc) is 2.86. The largest absolute Gasteiger partial charge is 0.444 e. The quantitative estimate of drug-likeness (QED) is 0.432. The lowest BCUT2D eigenvalue weighted by Gasteiger charge is -2.35. The summed E-state index contributed by atoms with van der Waals surface area (Å²) in [5.74, 6) is -0.186. The Bertz CT molecular complexity index is 1100. The minimum atomic E-state index is -0.727. The molecule has 1 saturated heterocycles. The maximum atomic E-state index is 13.2. The molecule has 13 heteroatoms. The van der Waals surface area contributed by atoms with Crippen LogP contribution in [0.5, 0.6) is 0 Å². The van der Waals surface area contributed by atoms with Crippen LogP contribution in [0.25, 0.3) is 0 Å². The fourth-order valence-electron chi connectivity index (χ4n) is 4.20. The van der Waals surface area contributed by atoms with Gasteiger partial charge in [0.25, 0.3) is 0 Å². The van der Waals surface area contributed by atoms with Gasteiger partial charge in [-0.2, -0.15) is 0 Å². The third-order valence-corrected chi connectivity index (χ3v) is 6.91. The van der Waals surface area contributed by atoms with Gasteiger partial charge in [0.05, 0.1) is 6.54 Å². The first-order valence-corrected chi connectivity index (χ1v) is 16.2. The van der Waals surface area contributed by atoms with Crippen molar-refractivity contribution in [3.63, 3.8) is 0 Å². The van der Waals surface area contributed by atoms with Crippen LogP contribution in [-0.4, -0.2) is 119 Å². The van der Waals surface area contributed by atoms with E-state index >= 15 is 0 Å². The second-order valence-electron chi connectivity index (χ2n) is 14.1. The van der Waals surface area contributed by atoms with Gasteiger partial charge in [-0.15, -0.1) is 0 Å². The Morgan fingerprint density at radius 3 is 1.29 bits per heavy atom. The number of ether oxygens (including phenoxy) is 3. The van der Waals surface area contributed by atoms with E-state index in [1.54, 1.807) is 72.1 Å². The van der Waals surface area contributed by atoms with Crippen LogP contribution in [0.2, 0.25) is 0 Å². The topological polar surface area (TPSA) is 121 Å². The number of nitrogens with one attached hydrogen (secondary N) is 1. The van der Waals surface area contributed by atoms with E-state index in [9.17, 15) is 19.2 Å². The van der Waals surface area contributed by atoms with Crippen molar-refractivity contribution in [2.24, 2.45) is 0 Å². The molecule has 0 saturated carbocycles. The predicted octanol–water partition coefficient (Wildman–Crippen LogP) is 5.09. The molecular weight excluding hydrogens is 646 g/mol. The zero-order valence-corrected chi connectivity index (χ0v) is 30.0. The fourth-order valence-corrected chi connectivity index (χ4v) is 4.47. The zero-order chi connectivity index (χ0) is 34.0. The van der Waals surface area contributed by atoms with Gasteiger partial charge in [-0.3, -0.25) is 9.69 Å². The lowest BCUT2D eigenvalue weighted by Crippen LogP contribution is -2.52. The normalized spacial score (nSPS) is 16.3. The van der Waals surface area contributed by atoms with E-state index in [0.717, 1.165) is 10.0 Å². The summed E-state index contributed by atoms with van der Waals surface area (Å²) in [5.41, 5.74) is -1.20. The standard InChI is InChI=1S/C32H52BrN5O7/c1-30(2,3)43-27(40)36-16-14-35(23-26(39)34-22-24-10-12-25(33)13-11-24)15-17-37(28(41)44-31(4,5)6)19-21-38(20-18-36)29(42)45-32(7,8)9/h10-13H,14-23H2,1-9H3,(H,34,39). The van der Waals surface area contributed by atoms with Gasteiger partial charge in [0.1, 0.15) is 16.8 Å². The fraction of sp³-hybridized carbons (Fsp3) is 0.688. The van der Waals surface area contributed by atoms with Gasteiger partial charge in [0.15, 0.2) is 0 Å². The number of hydrogen-bond donors (Lipinski definition) is 1. The molecule has 2 rings (SSSR count). The Morgan fingerprint density at radius 1 is 0.622 bits per heavy atom. The van der Waals surface area contributed by atoms with Gasteiger partial charge in [0, 0.05) is 63.4 Å². The molecule has 1 heterocycles. The molecule has 0 atom stereocenters. The second-order valence-corrected chi connectivity index (χ2v) is 15.0. The van der Waals surface area contributed by atoms with Crippen molar-refractivity contribution in [3.8, 4) is 0 Å². The first-order chi connectivity index (χ1) is 20.7. The zero-order valence-electron chi connectivity index (χ0n) is 28.4. The van der Waals surface area contributed by atoms with Crippen LogP contribution in [0.1, 0.15) is 67.9 Å². The molecule has 1 N–H and O–H groups in total. The number of rotatable bonds is 4. The first kappa shape index (κ1) is 38.1. The third-order valence-electron chi connectivity index (χ3n) is 6.38. The Labute approximate surface area is 276 Å². The predicted molar refractivity (Wildman–Crippen MR) is 176 cm³/mol. The Balaban J connectivity index is 2.29. The van der Waals surface area contributed by atoms with Crippen LogP contribution in [0, 0.1) is 0 Å². The molecular formula is C32H52BrN5O7. The number of benzene rings is 1. The van der Waals surface area contributed by atoms with Gasteiger partial charge >= 0.3 is 18.3 Å². The molecule has 4 amide bonds. The monoisotopic (exact) mass is 697 g/mol. The van der Waals surface area contributed by atoms with E-state index in [1.165, 1.54) is 4.90 Å². The number of carbonyl (C=O) groups is 4. The molecule has 1 aromatic carbocycles. The Kier molecular flexibility index (Phi) is 14.0. The Morgan fingerprint density at radius 2 is 0.956 bits per heavy atom. The molecule has 0 aromatic heterocycles. The van der Waals surface area contributed by atoms with E-state index < -0.39 is 35.1 Å². The van der Waals surface area contributed by atoms with Gasteiger partial charge < -0.3 is 34.2 Å². The van der Waals surface area contributed by atoms with Crippen molar-refractivity contribution in [1.82, 2.24) is 24.9 Å². The summed E-state index contributed by atoms with van der Waals surface area (Å²) in [7, 11) is 0. The lowest BCUT2D eigenvalue weighted by atomic mass is 10.2. The van der Waals surface area contributed by atoms with E-state index in [-0.39, 0.29) is 51.7 Å². The molecule has 1 aliphatic rings. The van der Waals surface area contributed by atoms with Crippen LogP contribution in [0.4, 0.5) is 14.4 Å². The maximum absolute atomic E-state index is 13.2. The summed E-state index contributed by atoms with van der Waals surface area (Å²) in [6, 6.07) is 7.69. The van der Waals surface area contributed by atoms with Gasteiger partial charge in [-0.05, 0) is 80.0 Å². The molecule has 0 spiro atoms. The lowest BCUT2D eigenvalue weighted by molar-refractivity contribution is -0.122. The summed E-state index contributed by atoms with van der Waals surface area (Å²) < 4.78 is 17.9. The second kappa shape index (κ2) is 16.5. The van der Waals surface area contributed by atoms with Crippen LogP contribution < -0.4 is 5.32 Å². The van der Waals surface area contributed by atoms with Gasteiger partial charge in [-0.1, -0.05) is 28.1 Å². The first-order valence-electron chi connectivity index (χ1n) is 15.4. The van der Waals surface area contributed by atoms with Crippen molar-refractivity contribution < 1.29 is 33.4 Å². The van der Waals surface area contributed by atoms with Crippen molar-refractivity contribution in [2.75, 3.05) is 58.9 Å². The van der Waals surface area contributed by atoms with Crippen molar-refractivity contribution in [2.45, 2.75) is 85.7 Å². The van der Waals surface area contributed by atoms with E-state index in [2.05, 4.69) is 21.2 Å². The third kappa shape index (κ3) is 15.7. The minimum absolute atomic E-state index is 0.0604. The smallest absolute Gasteiger partial charge is 0.410 e. The van der Waals surface area contributed by atoms with E-state index in [4.69, 9.17) is 14.2 Å². The van der Waals surface area contributed by atoms with Crippen molar-refractivity contribution in [3.05, 3.63) is 34.3 Å². The summed E-state index contributed by atoms with van der Waals surface area (Å²) >= 11 is 3.42. The molecule has 45 heavy (non-hydrogen) atoms. The molecule has 0 bridgehead atoms. The highest BCUT2D eigenvalue weighted by molar-refractivity contribution is 9.10. The van der Waals surface area contributed by atoms with Crippen molar-refractivity contribution in [1.29, 1.82) is 0 Å².